The van der Waals surface area contributed by atoms with E-state index in [1.54, 1.807) is 12.1 Å². The van der Waals surface area contributed by atoms with Gasteiger partial charge in [-0.1, -0.05) is 18.2 Å². The van der Waals surface area contributed by atoms with Gasteiger partial charge in [-0.15, -0.1) is 0 Å². The zero-order valence-electron chi connectivity index (χ0n) is 13.5. The molecule has 3 rings (SSSR count). The number of nitrogens with zero attached hydrogens (tertiary/aromatic N) is 2. The summed E-state index contributed by atoms with van der Waals surface area (Å²) >= 11 is 0. The van der Waals surface area contributed by atoms with E-state index in [0.29, 0.717) is 27.7 Å². The maximum absolute atomic E-state index is 14.5. The Balaban J connectivity index is 2.31. The quantitative estimate of drug-likeness (QED) is 0.656. The third-order valence-electron chi connectivity index (χ3n) is 4.13. The minimum Gasteiger partial charge on any atom is -0.357 e. The number of rotatable bonds is 4. The van der Waals surface area contributed by atoms with Crippen molar-refractivity contribution < 1.29 is 13.2 Å². The van der Waals surface area contributed by atoms with Crippen molar-refractivity contribution in [1.82, 2.24) is 4.98 Å². The van der Waals surface area contributed by atoms with Gasteiger partial charge in [-0.05, 0) is 37.6 Å². The lowest BCUT2D eigenvalue weighted by molar-refractivity contribution is 0.509. The molecule has 0 fully saturated rings. The summed E-state index contributed by atoms with van der Waals surface area (Å²) in [5.41, 5.74) is 0.834. The predicted molar refractivity (Wildman–Crippen MR) is 90.6 cm³/mol. The molecule has 0 bridgehead atoms. The average Bonchev–Trinajstić information content (AvgIpc) is 2.59. The Labute approximate surface area is 138 Å². The second-order valence-electron chi connectivity index (χ2n) is 5.46. The van der Waals surface area contributed by atoms with Crippen LogP contribution in [0.1, 0.15) is 13.8 Å². The Kier molecular flexibility index (Phi) is 4.42. The Bertz CT molecular complexity index is 889. The molecule has 0 atom stereocenters. The molecule has 0 saturated heterocycles. The smallest absolute Gasteiger partial charge is 0.159 e. The number of halogens is 3. The van der Waals surface area contributed by atoms with Crippen LogP contribution in [0.5, 0.6) is 0 Å². The zero-order chi connectivity index (χ0) is 17.3. The molecule has 0 aliphatic carbocycles. The summed E-state index contributed by atoms with van der Waals surface area (Å²) in [5.74, 6) is -1.63. The first-order valence-corrected chi connectivity index (χ1v) is 7.84. The molecule has 2 nitrogen and oxygen atoms in total. The van der Waals surface area contributed by atoms with Crippen LogP contribution in [-0.4, -0.2) is 18.1 Å². The summed E-state index contributed by atoms with van der Waals surface area (Å²) < 4.78 is 41.3. The average molecular weight is 330 g/mol. The Hall–Kier alpha value is -2.56. The fourth-order valence-corrected chi connectivity index (χ4v) is 2.90. The zero-order valence-corrected chi connectivity index (χ0v) is 13.5. The number of benzene rings is 2. The lowest BCUT2D eigenvalue weighted by atomic mass is 9.99. The Morgan fingerprint density at radius 3 is 2.33 bits per heavy atom. The number of anilines is 1. The molecule has 1 aromatic heterocycles. The van der Waals surface area contributed by atoms with Crippen LogP contribution < -0.4 is 4.90 Å². The molecule has 24 heavy (non-hydrogen) atoms. The highest BCUT2D eigenvalue weighted by molar-refractivity contribution is 6.02. The van der Waals surface area contributed by atoms with Gasteiger partial charge in [0.05, 0.1) is 0 Å². The Morgan fingerprint density at radius 1 is 0.917 bits per heavy atom. The first-order valence-electron chi connectivity index (χ1n) is 7.84. The van der Waals surface area contributed by atoms with Gasteiger partial charge >= 0.3 is 0 Å². The van der Waals surface area contributed by atoms with Crippen LogP contribution in [0.25, 0.3) is 21.9 Å². The summed E-state index contributed by atoms with van der Waals surface area (Å²) in [7, 11) is 0. The summed E-state index contributed by atoms with van der Waals surface area (Å²) in [6.07, 6.45) is 1.52. The number of pyridine rings is 1. The van der Waals surface area contributed by atoms with E-state index in [-0.39, 0.29) is 0 Å². The highest BCUT2D eigenvalue weighted by Crippen LogP contribution is 2.35. The maximum atomic E-state index is 14.5. The predicted octanol–water partition coefficient (Wildman–Crippen LogP) is 5.17. The van der Waals surface area contributed by atoms with Gasteiger partial charge in [-0.3, -0.25) is 0 Å². The maximum Gasteiger partial charge on any atom is 0.159 e. The van der Waals surface area contributed by atoms with Crippen molar-refractivity contribution in [2.75, 3.05) is 18.0 Å². The van der Waals surface area contributed by atoms with Crippen molar-refractivity contribution in [3.63, 3.8) is 0 Å². The summed E-state index contributed by atoms with van der Waals surface area (Å²) in [6, 6.07) is 8.31. The molecule has 124 valence electrons. The van der Waals surface area contributed by atoms with Crippen molar-refractivity contribution in [2.45, 2.75) is 13.8 Å². The summed E-state index contributed by atoms with van der Waals surface area (Å²) in [6.45, 7) is 5.47. The summed E-state index contributed by atoms with van der Waals surface area (Å²) in [5, 5.41) is 1.02. The van der Waals surface area contributed by atoms with Crippen LogP contribution in [0, 0.1) is 17.5 Å². The molecule has 3 aromatic rings. The van der Waals surface area contributed by atoms with Gasteiger partial charge in [0, 0.05) is 35.6 Å². The number of hydrogen-bond donors (Lipinski definition) is 0. The third-order valence-corrected chi connectivity index (χ3v) is 4.13. The van der Waals surface area contributed by atoms with Crippen LogP contribution in [0.2, 0.25) is 0 Å². The van der Waals surface area contributed by atoms with Crippen molar-refractivity contribution in [1.29, 1.82) is 0 Å². The fourth-order valence-electron chi connectivity index (χ4n) is 2.90. The van der Waals surface area contributed by atoms with Crippen LogP contribution in [0.3, 0.4) is 0 Å². The molecule has 5 heteroatoms. The molecule has 1 heterocycles. The first-order chi connectivity index (χ1) is 11.6. The van der Waals surface area contributed by atoms with Crippen molar-refractivity contribution >= 4 is 16.6 Å². The van der Waals surface area contributed by atoms with Gasteiger partial charge in [0.25, 0.3) is 0 Å². The fraction of sp³-hybridized carbons (Fsp3) is 0.211. The first kappa shape index (κ1) is 16.3. The molecule has 0 amide bonds. The number of fused-ring (bicyclic) bond motifs is 1. The molecule has 0 aliphatic heterocycles. The van der Waals surface area contributed by atoms with Crippen molar-refractivity contribution in [3.05, 3.63) is 60.0 Å². The lowest BCUT2D eigenvalue weighted by Gasteiger charge is -2.22. The standard InChI is InChI=1S/C19H17F3N2/c1-3-24(4-2)19-13-6-5-7-16(21)18(13)14(11-23-19)12-8-9-15(20)17(22)10-12/h5-11H,3-4H2,1-2H3. The second kappa shape index (κ2) is 6.51. The molecule has 0 unspecified atom stereocenters. The van der Waals surface area contributed by atoms with Crippen molar-refractivity contribution in [2.24, 2.45) is 0 Å². The van der Waals surface area contributed by atoms with E-state index in [1.807, 2.05) is 18.7 Å². The van der Waals surface area contributed by atoms with Crippen LogP contribution in [0.15, 0.2) is 42.6 Å². The molecule has 0 N–H and O–H groups in total. The summed E-state index contributed by atoms with van der Waals surface area (Å²) in [4.78, 5) is 6.49. The molecule has 0 radical (unpaired) electrons. The molecule has 0 saturated carbocycles. The minimum absolute atomic E-state index is 0.361. The molecular weight excluding hydrogens is 313 g/mol. The van der Waals surface area contributed by atoms with E-state index in [2.05, 4.69) is 4.98 Å². The van der Waals surface area contributed by atoms with Crippen LogP contribution in [0.4, 0.5) is 19.0 Å². The van der Waals surface area contributed by atoms with E-state index in [9.17, 15) is 13.2 Å². The molecule has 0 aliphatic rings. The highest BCUT2D eigenvalue weighted by atomic mass is 19.2. The second-order valence-corrected chi connectivity index (χ2v) is 5.46. The van der Waals surface area contributed by atoms with Gasteiger partial charge in [-0.25, -0.2) is 18.2 Å². The number of aromatic nitrogens is 1. The monoisotopic (exact) mass is 330 g/mol. The van der Waals surface area contributed by atoms with Crippen LogP contribution >= 0.6 is 0 Å². The molecular formula is C19H17F3N2. The van der Waals surface area contributed by atoms with Gasteiger partial charge in [0.15, 0.2) is 11.6 Å². The van der Waals surface area contributed by atoms with Gasteiger partial charge in [0.2, 0.25) is 0 Å². The van der Waals surface area contributed by atoms with E-state index in [1.165, 1.54) is 18.3 Å². The number of hydrogen-bond acceptors (Lipinski definition) is 2. The van der Waals surface area contributed by atoms with E-state index < -0.39 is 17.5 Å². The van der Waals surface area contributed by atoms with Gasteiger partial charge in [0.1, 0.15) is 11.6 Å². The SMILES string of the molecule is CCN(CC)c1ncc(-c2ccc(F)c(F)c2)c2c(F)cccc12. The van der Waals surface area contributed by atoms with Gasteiger partial charge < -0.3 is 4.90 Å². The van der Waals surface area contributed by atoms with Crippen LogP contribution in [-0.2, 0) is 0 Å². The van der Waals surface area contributed by atoms with E-state index in [4.69, 9.17) is 0 Å². The van der Waals surface area contributed by atoms with Crippen molar-refractivity contribution in [3.8, 4) is 11.1 Å². The largest absolute Gasteiger partial charge is 0.357 e. The highest BCUT2D eigenvalue weighted by Gasteiger charge is 2.16. The minimum atomic E-state index is -0.968. The molecule has 0 spiro atoms. The topological polar surface area (TPSA) is 16.1 Å². The molecule has 2 aromatic carbocycles. The lowest BCUT2D eigenvalue weighted by Crippen LogP contribution is -2.23. The van der Waals surface area contributed by atoms with Gasteiger partial charge in [-0.2, -0.15) is 0 Å². The third kappa shape index (κ3) is 2.70. The normalized spacial score (nSPS) is 11.0. The van der Waals surface area contributed by atoms with E-state index in [0.717, 1.165) is 25.2 Å². The Morgan fingerprint density at radius 2 is 1.67 bits per heavy atom. The van der Waals surface area contributed by atoms with E-state index >= 15 is 0 Å².